The van der Waals surface area contributed by atoms with Gasteiger partial charge in [0, 0.05) is 10.6 Å². The summed E-state index contributed by atoms with van der Waals surface area (Å²) >= 11 is 13.1. The van der Waals surface area contributed by atoms with Crippen LogP contribution >= 0.6 is 35.0 Å². The molecule has 26 heavy (non-hydrogen) atoms. The summed E-state index contributed by atoms with van der Waals surface area (Å²) in [6, 6.07) is 15.7. The molecule has 0 aliphatic heterocycles. The minimum Gasteiger partial charge on any atom is -0.347 e. The molecule has 2 aromatic carbocycles. The van der Waals surface area contributed by atoms with Crippen molar-refractivity contribution in [1.82, 2.24) is 0 Å². The summed E-state index contributed by atoms with van der Waals surface area (Å²) in [5.74, 6) is -0.0320. The van der Waals surface area contributed by atoms with Gasteiger partial charge in [-0.05, 0) is 25.1 Å². The van der Waals surface area contributed by atoms with E-state index in [9.17, 15) is 15.3 Å². The molecule has 0 bridgehead atoms. The Morgan fingerprint density at radius 2 is 1.77 bits per heavy atom. The van der Waals surface area contributed by atoms with Gasteiger partial charge in [0.1, 0.15) is 17.2 Å². The molecule has 0 saturated heterocycles. The fraction of sp³-hybridized carbons (Fsp3) is 0.105. The van der Waals surface area contributed by atoms with E-state index >= 15 is 0 Å². The predicted molar refractivity (Wildman–Crippen MR) is 106 cm³/mol. The van der Waals surface area contributed by atoms with E-state index < -0.39 is 0 Å². The number of ketones is 1. The molecule has 130 valence electrons. The Morgan fingerprint density at radius 1 is 1.12 bits per heavy atom. The zero-order valence-electron chi connectivity index (χ0n) is 13.7. The summed E-state index contributed by atoms with van der Waals surface area (Å²) in [7, 11) is 0. The minimum atomic E-state index is -0.127. The number of allylic oxidation sites excluding steroid dienone is 1. The Labute approximate surface area is 166 Å². The van der Waals surface area contributed by atoms with Crippen molar-refractivity contribution < 1.29 is 4.79 Å². The lowest BCUT2D eigenvalue weighted by molar-refractivity contribution is 0.102. The number of nitriles is 2. The lowest BCUT2D eigenvalue weighted by Crippen LogP contribution is -2.07. The first-order valence-electron chi connectivity index (χ1n) is 7.44. The fourth-order valence-corrected chi connectivity index (χ4v) is 3.29. The van der Waals surface area contributed by atoms with Crippen LogP contribution in [0.25, 0.3) is 0 Å². The number of Topliss-reactive ketones (excluding diaryl/α,β-unsaturated/α-hetero) is 1. The Bertz CT molecular complexity index is 925. The highest BCUT2D eigenvalue weighted by atomic mass is 35.5. The first-order chi connectivity index (χ1) is 12.4. The second-order valence-electron chi connectivity index (χ2n) is 5.25. The van der Waals surface area contributed by atoms with E-state index in [2.05, 4.69) is 5.32 Å². The second kappa shape index (κ2) is 9.31. The topological polar surface area (TPSA) is 76.7 Å². The van der Waals surface area contributed by atoms with Crippen LogP contribution in [0.1, 0.15) is 15.9 Å². The smallest absolute Gasteiger partial charge is 0.173 e. The number of benzene rings is 2. The van der Waals surface area contributed by atoms with Gasteiger partial charge in [-0.2, -0.15) is 10.5 Å². The van der Waals surface area contributed by atoms with Crippen LogP contribution in [0.5, 0.6) is 0 Å². The zero-order chi connectivity index (χ0) is 19.1. The van der Waals surface area contributed by atoms with E-state index in [1.165, 1.54) is 0 Å². The molecule has 0 spiro atoms. The maximum atomic E-state index is 12.3. The number of rotatable bonds is 6. The van der Waals surface area contributed by atoms with Crippen molar-refractivity contribution in [3.8, 4) is 12.1 Å². The molecule has 0 aliphatic carbocycles. The number of thioether (sulfide) groups is 1. The van der Waals surface area contributed by atoms with Crippen LogP contribution in [0, 0.1) is 29.6 Å². The summed E-state index contributed by atoms with van der Waals surface area (Å²) in [4.78, 5) is 12.3. The van der Waals surface area contributed by atoms with Gasteiger partial charge in [-0.3, -0.25) is 4.79 Å². The number of carbonyl (C=O) groups is 1. The van der Waals surface area contributed by atoms with Crippen LogP contribution in [0.4, 0.5) is 5.69 Å². The van der Waals surface area contributed by atoms with Gasteiger partial charge in [0.15, 0.2) is 11.4 Å². The van der Waals surface area contributed by atoms with Gasteiger partial charge in [0.05, 0.1) is 16.5 Å². The standard InChI is InChI=1S/C19H13Cl2N3OS/c1-12-2-4-13(5-3-12)18(25)11-26-19(14(9-22)10-23)24-17-7-6-15(20)8-16(17)21/h2-8,24H,11H2,1H3. The molecule has 2 aromatic rings. The predicted octanol–water partition coefficient (Wildman–Crippen LogP) is 5.59. The quantitative estimate of drug-likeness (QED) is 0.504. The van der Waals surface area contributed by atoms with E-state index in [4.69, 9.17) is 23.2 Å². The first kappa shape index (κ1) is 19.9. The number of halogens is 2. The molecule has 4 nitrogen and oxygen atoms in total. The highest BCUT2D eigenvalue weighted by molar-refractivity contribution is 8.03. The highest BCUT2D eigenvalue weighted by Crippen LogP contribution is 2.30. The lowest BCUT2D eigenvalue weighted by atomic mass is 10.1. The minimum absolute atomic E-state index is 0.0729. The largest absolute Gasteiger partial charge is 0.347 e. The molecule has 2 rings (SSSR count). The molecule has 0 unspecified atom stereocenters. The number of aryl methyl sites for hydroxylation is 1. The summed E-state index contributed by atoms with van der Waals surface area (Å²) in [6.45, 7) is 1.94. The van der Waals surface area contributed by atoms with Gasteiger partial charge in [-0.15, -0.1) is 0 Å². The molecule has 0 aromatic heterocycles. The van der Waals surface area contributed by atoms with Crippen LogP contribution in [0.2, 0.25) is 10.0 Å². The van der Waals surface area contributed by atoms with Crippen molar-refractivity contribution in [2.75, 3.05) is 11.1 Å². The number of carbonyl (C=O) groups excluding carboxylic acids is 1. The van der Waals surface area contributed by atoms with E-state index in [-0.39, 0.29) is 22.1 Å². The third kappa shape index (κ3) is 5.28. The Balaban J connectivity index is 2.20. The molecule has 1 N–H and O–H groups in total. The van der Waals surface area contributed by atoms with E-state index in [1.54, 1.807) is 30.3 Å². The molecule has 7 heteroatoms. The van der Waals surface area contributed by atoms with Crippen molar-refractivity contribution in [2.45, 2.75) is 6.92 Å². The maximum Gasteiger partial charge on any atom is 0.173 e. The van der Waals surface area contributed by atoms with E-state index in [1.807, 2.05) is 31.2 Å². The molecule has 0 heterocycles. The maximum absolute atomic E-state index is 12.3. The van der Waals surface area contributed by atoms with E-state index in [0.29, 0.717) is 21.3 Å². The molecule has 0 amide bonds. The van der Waals surface area contributed by atoms with Crippen molar-refractivity contribution in [3.63, 3.8) is 0 Å². The average molecular weight is 402 g/mol. The monoisotopic (exact) mass is 401 g/mol. The van der Waals surface area contributed by atoms with Crippen molar-refractivity contribution >= 4 is 46.4 Å². The van der Waals surface area contributed by atoms with Crippen LogP contribution in [-0.4, -0.2) is 11.5 Å². The normalized spacial score (nSPS) is 9.73. The van der Waals surface area contributed by atoms with Gasteiger partial charge in [-0.1, -0.05) is 64.8 Å². The summed E-state index contributed by atoms with van der Waals surface area (Å²) < 4.78 is 0. The van der Waals surface area contributed by atoms with Crippen LogP contribution in [0.15, 0.2) is 53.1 Å². The Morgan fingerprint density at radius 3 is 2.35 bits per heavy atom. The number of hydrogen-bond acceptors (Lipinski definition) is 5. The fourth-order valence-electron chi connectivity index (χ4n) is 1.97. The van der Waals surface area contributed by atoms with Gasteiger partial charge >= 0.3 is 0 Å². The van der Waals surface area contributed by atoms with E-state index in [0.717, 1.165) is 17.3 Å². The molecular formula is C19H13Cl2N3OS. The van der Waals surface area contributed by atoms with Crippen molar-refractivity contribution in [1.29, 1.82) is 10.5 Å². The van der Waals surface area contributed by atoms with Crippen molar-refractivity contribution in [3.05, 3.63) is 74.2 Å². The number of anilines is 1. The lowest BCUT2D eigenvalue weighted by Gasteiger charge is -2.12. The third-order valence-corrected chi connectivity index (χ3v) is 4.90. The highest BCUT2D eigenvalue weighted by Gasteiger charge is 2.14. The summed E-state index contributed by atoms with van der Waals surface area (Å²) in [6.07, 6.45) is 0. The summed E-state index contributed by atoms with van der Waals surface area (Å²) in [5, 5.41) is 22.4. The zero-order valence-corrected chi connectivity index (χ0v) is 16.0. The second-order valence-corrected chi connectivity index (χ2v) is 7.08. The molecule has 0 fully saturated rings. The van der Waals surface area contributed by atoms with Gasteiger partial charge < -0.3 is 5.32 Å². The van der Waals surface area contributed by atoms with Gasteiger partial charge in [0.2, 0.25) is 0 Å². The average Bonchev–Trinajstić information content (AvgIpc) is 2.62. The number of nitrogens with zero attached hydrogens (tertiary/aromatic N) is 2. The van der Waals surface area contributed by atoms with Crippen LogP contribution < -0.4 is 5.32 Å². The molecule has 0 atom stereocenters. The van der Waals surface area contributed by atoms with Gasteiger partial charge in [-0.25, -0.2) is 0 Å². The Hall–Kier alpha value is -2.44. The molecular weight excluding hydrogens is 389 g/mol. The summed E-state index contributed by atoms with van der Waals surface area (Å²) in [5.41, 5.74) is 1.99. The van der Waals surface area contributed by atoms with Crippen LogP contribution in [0.3, 0.4) is 0 Å². The first-order valence-corrected chi connectivity index (χ1v) is 9.18. The molecule has 0 saturated carbocycles. The number of hydrogen-bond donors (Lipinski definition) is 1. The number of nitrogens with one attached hydrogen (secondary N) is 1. The molecule has 0 radical (unpaired) electrons. The molecule has 0 aliphatic rings. The SMILES string of the molecule is Cc1ccc(C(=O)CSC(Nc2ccc(Cl)cc2Cl)=C(C#N)C#N)cc1. The van der Waals surface area contributed by atoms with Crippen molar-refractivity contribution in [2.24, 2.45) is 0 Å². The van der Waals surface area contributed by atoms with Gasteiger partial charge in [0.25, 0.3) is 0 Å². The van der Waals surface area contributed by atoms with Crippen LogP contribution in [-0.2, 0) is 0 Å². The Kier molecular flexibility index (Phi) is 7.12. The third-order valence-electron chi connectivity index (χ3n) is 3.35.